The zero-order valence-electron chi connectivity index (χ0n) is 12.3. The van der Waals surface area contributed by atoms with E-state index in [0.717, 1.165) is 25.7 Å². The summed E-state index contributed by atoms with van der Waals surface area (Å²) in [6, 6.07) is 11.0. The Morgan fingerprint density at radius 1 is 0.950 bits per heavy atom. The Bertz CT molecular complexity index is 387. The van der Waals surface area contributed by atoms with E-state index in [-0.39, 0.29) is 0 Å². The molecule has 0 saturated carbocycles. The number of nitrogens with zero attached hydrogens (tertiary/aromatic N) is 2. The molecule has 2 saturated heterocycles. The highest BCUT2D eigenvalue weighted by Gasteiger charge is 2.23. The first kappa shape index (κ1) is 14.1. The van der Waals surface area contributed by atoms with Crippen LogP contribution in [0.2, 0.25) is 0 Å². The van der Waals surface area contributed by atoms with Crippen molar-refractivity contribution in [2.24, 2.45) is 0 Å². The molecule has 2 fully saturated rings. The second kappa shape index (κ2) is 7.21. The summed E-state index contributed by atoms with van der Waals surface area (Å²) in [5.41, 5.74) is 1.51. The number of likely N-dealkylation sites (tertiary alicyclic amines) is 1. The monoisotopic (exact) mass is 274 g/mol. The van der Waals surface area contributed by atoms with Gasteiger partial charge in [-0.05, 0) is 30.9 Å². The zero-order chi connectivity index (χ0) is 13.6. The maximum absolute atomic E-state index is 5.52. The number of hydrogen-bond donors (Lipinski definition) is 0. The third kappa shape index (κ3) is 3.81. The summed E-state index contributed by atoms with van der Waals surface area (Å²) in [6.07, 6.45) is 2.50. The minimum Gasteiger partial charge on any atom is -0.380 e. The van der Waals surface area contributed by atoms with E-state index in [1.807, 2.05) is 0 Å². The average Bonchev–Trinajstić information content (AvgIpc) is 2.82. The van der Waals surface area contributed by atoms with Crippen LogP contribution in [0.3, 0.4) is 0 Å². The number of hydrogen-bond acceptors (Lipinski definition) is 3. The van der Waals surface area contributed by atoms with E-state index in [1.54, 1.807) is 0 Å². The minimum atomic E-state index is 0.740. The lowest BCUT2D eigenvalue weighted by Crippen LogP contribution is -2.35. The Hall–Kier alpha value is -0.900. The van der Waals surface area contributed by atoms with Crippen LogP contribution < -0.4 is 0 Å². The Morgan fingerprint density at radius 2 is 1.80 bits per heavy atom. The molecule has 1 aromatic rings. The second-order valence-electron chi connectivity index (χ2n) is 6.00. The molecule has 20 heavy (non-hydrogen) atoms. The van der Waals surface area contributed by atoms with Gasteiger partial charge in [-0.1, -0.05) is 30.3 Å². The summed E-state index contributed by atoms with van der Waals surface area (Å²) in [6.45, 7) is 9.06. The van der Waals surface area contributed by atoms with Gasteiger partial charge < -0.3 is 9.64 Å². The smallest absolute Gasteiger partial charge is 0.0593 e. The first-order chi connectivity index (χ1) is 9.92. The topological polar surface area (TPSA) is 15.7 Å². The van der Waals surface area contributed by atoms with Crippen molar-refractivity contribution in [1.82, 2.24) is 9.80 Å². The predicted octanol–water partition coefficient (Wildman–Crippen LogP) is 2.20. The summed E-state index contributed by atoms with van der Waals surface area (Å²) in [5, 5.41) is 0. The largest absolute Gasteiger partial charge is 0.380 e. The molecule has 0 bridgehead atoms. The van der Waals surface area contributed by atoms with Gasteiger partial charge in [-0.3, -0.25) is 4.90 Å². The molecule has 0 radical (unpaired) electrons. The van der Waals surface area contributed by atoms with Gasteiger partial charge in [0.25, 0.3) is 0 Å². The highest BCUT2D eigenvalue weighted by Crippen LogP contribution is 2.26. The van der Waals surface area contributed by atoms with Gasteiger partial charge in [0.05, 0.1) is 6.61 Å². The quantitative estimate of drug-likeness (QED) is 0.837. The zero-order valence-corrected chi connectivity index (χ0v) is 12.3. The molecule has 0 spiro atoms. The molecule has 0 unspecified atom stereocenters. The highest BCUT2D eigenvalue weighted by atomic mass is 16.5. The van der Waals surface area contributed by atoms with Gasteiger partial charge in [0.15, 0.2) is 0 Å². The van der Waals surface area contributed by atoms with E-state index in [2.05, 4.69) is 40.1 Å². The first-order valence-corrected chi connectivity index (χ1v) is 7.99. The van der Waals surface area contributed by atoms with Gasteiger partial charge in [-0.2, -0.15) is 0 Å². The fraction of sp³-hybridized carbons (Fsp3) is 0.647. The summed E-state index contributed by atoms with van der Waals surface area (Å²) >= 11 is 0. The highest BCUT2D eigenvalue weighted by molar-refractivity contribution is 5.20. The van der Waals surface area contributed by atoms with E-state index in [1.165, 1.54) is 51.1 Å². The SMILES string of the molecule is c1ccc([C@H]2CCN(CCN3CCCOCC3)C2)cc1. The van der Waals surface area contributed by atoms with Gasteiger partial charge in [-0.25, -0.2) is 0 Å². The van der Waals surface area contributed by atoms with Crippen LogP contribution in [-0.2, 0) is 4.74 Å². The maximum Gasteiger partial charge on any atom is 0.0593 e. The lowest BCUT2D eigenvalue weighted by Gasteiger charge is -2.23. The van der Waals surface area contributed by atoms with E-state index in [0.29, 0.717) is 0 Å². The lowest BCUT2D eigenvalue weighted by atomic mass is 9.99. The van der Waals surface area contributed by atoms with Crippen molar-refractivity contribution in [3.8, 4) is 0 Å². The standard InChI is InChI=1S/C17H26N2O/c1-2-5-16(6-3-1)17-7-9-19(15-17)11-10-18-8-4-13-20-14-12-18/h1-3,5-6,17H,4,7-15H2/t17-/m0/s1. The number of benzene rings is 1. The molecular formula is C17H26N2O. The average molecular weight is 274 g/mol. The van der Waals surface area contributed by atoms with Crippen LogP contribution >= 0.6 is 0 Å². The maximum atomic E-state index is 5.52. The Balaban J connectivity index is 1.43. The van der Waals surface area contributed by atoms with Crippen LogP contribution in [0.5, 0.6) is 0 Å². The van der Waals surface area contributed by atoms with E-state index in [9.17, 15) is 0 Å². The second-order valence-corrected chi connectivity index (χ2v) is 6.00. The molecule has 110 valence electrons. The Labute approximate surface area is 122 Å². The molecule has 2 aliphatic heterocycles. The summed E-state index contributed by atoms with van der Waals surface area (Å²) in [4.78, 5) is 5.19. The van der Waals surface area contributed by atoms with Crippen LogP contribution in [0, 0.1) is 0 Å². The normalized spacial score (nSPS) is 25.7. The van der Waals surface area contributed by atoms with Gasteiger partial charge in [-0.15, -0.1) is 0 Å². The van der Waals surface area contributed by atoms with E-state index >= 15 is 0 Å². The van der Waals surface area contributed by atoms with Crippen molar-refractivity contribution in [2.45, 2.75) is 18.8 Å². The summed E-state index contributed by atoms with van der Waals surface area (Å²) in [5.74, 6) is 0.740. The van der Waals surface area contributed by atoms with Crippen molar-refractivity contribution < 1.29 is 4.74 Å². The van der Waals surface area contributed by atoms with E-state index in [4.69, 9.17) is 4.74 Å². The fourth-order valence-corrected chi connectivity index (χ4v) is 3.34. The van der Waals surface area contributed by atoms with Crippen LogP contribution in [0.1, 0.15) is 24.3 Å². The molecular weight excluding hydrogens is 248 g/mol. The first-order valence-electron chi connectivity index (χ1n) is 7.99. The fourth-order valence-electron chi connectivity index (χ4n) is 3.34. The third-order valence-corrected chi connectivity index (χ3v) is 4.59. The van der Waals surface area contributed by atoms with Crippen molar-refractivity contribution in [2.75, 3.05) is 52.5 Å². The molecule has 3 rings (SSSR count). The summed E-state index contributed by atoms with van der Waals surface area (Å²) in [7, 11) is 0. The molecule has 0 amide bonds. The number of ether oxygens (including phenoxy) is 1. The third-order valence-electron chi connectivity index (χ3n) is 4.59. The molecule has 3 heteroatoms. The molecule has 1 aromatic carbocycles. The Morgan fingerprint density at radius 3 is 2.70 bits per heavy atom. The lowest BCUT2D eigenvalue weighted by molar-refractivity contribution is 0.139. The molecule has 2 aliphatic rings. The van der Waals surface area contributed by atoms with Crippen molar-refractivity contribution in [3.63, 3.8) is 0 Å². The van der Waals surface area contributed by atoms with Crippen LogP contribution in [-0.4, -0.2) is 62.3 Å². The van der Waals surface area contributed by atoms with Crippen LogP contribution in [0.25, 0.3) is 0 Å². The van der Waals surface area contributed by atoms with Gasteiger partial charge in [0, 0.05) is 39.3 Å². The molecule has 0 aliphatic carbocycles. The summed E-state index contributed by atoms with van der Waals surface area (Å²) < 4.78 is 5.52. The molecule has 3 nitrogen and oxygen atoms in total. The molecule has 1 atom stereocenters. The molecule has 0 N–H and O–H groups in total. The predicted molar refractivity (Wildman–Crippen MR) is 82.1 cm³/mol. The van der Waals surface area contributed by atoms with Gasteiger partial charge in [0.2, 0.25) is 0 Å². The Kier molecular flexibility index (Phi) is 5.06. The van der Waals surface area contributed by atoms with Crippen molar-refractivity contribution in [1.29, 1.82) is 0 Å². The van der Waals surface area contributed by atoms with Crippen molar-refractivity contribution in [3.05, 3.63) is 35.9 Å². The molecule has 0 aromatic heterocycles. The van der Waals surface area contributed by atoms with Crippen LogP contribution in [0.15, 0.2) is 30.3 Å². The van der Waals surface area contributed by atoms with Crippen molar-refractivity contribution >= 4 is 0 Å². The van der Waals surface area contributed by atoms with E-state index < -0.39 is 0 Å². The van der Waals surface area contributed by atoms with Crippen LogP contribution in [0.4, 0.5) is 0 Å². The number of rotatable bonds is 4. The minimum absolute atomic E-state index is 0.740. The van der Waals surface area contributed by atoms with Gasteiger partial charge >= 0.3 is 0 Å². The molecule has 2 heterocycles. The van der Waals surface area contributed by atoms with Gasteiger partial charge in [0.1, 0.15) is 0 Å².